The number of amides is 1. The molecule has 116 valence electrons. The summed E-state index contributed by atoms with van der Waals surface area (Å²) < 4.78 is 5.35. The van der Waals surface area contributed by atoms with Gasteiger partial charge in [0.2, 0.25) is 0 Å². The van der Waals surface area contributed by atoms with Crippen molar-refractivity contribution in [3.8, 4) is 0 Å². The summed E-state index contributed by atoms with van der Waals surface area (Å²) in [5, 5.41) is 3.45. The van der Waals surface area contributed by atoms with Gasteiger partial charge in [0, 0.05) is 31.4 Å². The molecule has 0 aromatic carbocycles. The smallest absolute Gasteiger partial charge is 0.253 e. The van der Waals surface area contributed by atoms with Crippen LogP contribution in [0.2, 0.25) is 10.2 Å². The molecule has 1 saturated heterocycles. The molecule has 0 radical (unpaired) electrons. The van der Waals surface area contributed by atoms with Gasteiger partial charge in [-0.05, 0) is 19.9 Å². The molecule has 1 N–H and O–H groups in total. The average molecular weight is 332 g/mol. The molecule has 0 saturated carbocycles. The maximum absolute atomic E-state index is 12.2. The van der Waals surface area contributed by atoms with Crippen molar-refractivity contribution < 1.29 is 9.53 Å². The number of pyridine rings is 1. The summed E-state index contributed by atoms with van der Waals surface area (Å²) in [5.41, 5.74) is 0.192. The molecule has 0 atom stereocenters. The van der Waals surface area contributed by atoms with Crippen molar-refractivity contribution in [1.29, 1.82) is 0 Å². The van der Waals surface area contributed by atoms with E-state index in [9.17, 15) is 4.79 Å². The van der Waals surface area contributed by atoms with Crippen molar-refractivity contribution in [3.63, 3.8) is 0 Å². The first-order valence-electron chi connectivity index (χ1n) is 6.82. The van der Waals surface area contributed by atoms with Crippen molar-refractivity contribution >= 4 is 29.1 Å². The molecule has 5 nitrogen and oxygen atoms in total. The number of carbonyl (C=O) groups excluding carboxylic acids is 1. The summed E-state index contributed by atoms with van der Waals surface area (Å²) in [6, 6.07) is 1.47. The van der Waals surface area contributed by atoms with Gasteiger partial charge in [0.1, 0.15) is 5.15 Å². The number of halogens is 2. The normalized spacial score (nSPS) is 16.8. The first-order valence-corrected chi connectivity index (χ1v) is 7.58. The standard InChI is InChI=1S/C14H19Cl2N3O2/c1-14(2,19-3-5-21-6-4-19)9-18-13(20)10-7-12(16)17-8-11(10)15/h7-8H,3-6,9H2,1-2H3,(H,18,20). The van der Waals surface area contributed by atoms with E-state index in [0.717, 1.165) is 26.3 Å². The van der Waals surface area contributed by atoms with Gasteiger partial charge in [0.25, 0.3) is 5.91 Å². The van der Waals surface area contributed by atoms with Crippen LogP contribution in [-0.4, -0.2) is 54.2 Å². The molecule has 0 spiro atoms. The number of rotatable bonds is 4. The number of ether oxygens (including phenoxy) is 1. The summed E-state index contributed by atoms with van der Waals surface area (Å²) in [4.78, 5) is 18.4. The second-order valence-corrected chi connectivity index (χ2v) is 6.38. The second-order valence-electron chi connectivity index (χ2n) is 5.58. The zero-order valence-electron chi connectivity index (χ0n) is 12.2. The monoisotopic (exact) mass is 331 g/mol. The number of morpholine rings is 1. The first-order chi connectivity index (χ1) is 9.90. The van der Waals surface area contributed by atoms with E-state index < -0.39 is 0 Å². The molecule has 1 aromatic rings. The number of hydrogen-bond donors (Lipinski definition) is 1. The molecule has 2 rings (SSSR count). The third-order valence-corrected chi connectivity index (χ3v) is 4.12. The lowest BCUT2D eigenvalue weighted by atomic mass is 10.0. The third kappa shape index (κ3) is 4.30. The molecule has 1 fully saturated rings. The highest BCUT2D eigenvalue weighted by Gasteiger charge is 2.28. The number of aromatic nitrogens is 1. The molecule has 0 aliphatic carbocycles. The minimum atomic E-state index is -0.245. The van der Waals surface area contributed by atoms with Crippen LogP contribution in [0.5, 0.6) is 0 Å². The van der Waals surface area contributed by atoms with Gasteiger partial charge in [-0.25, -0.2) is 4.98 Å². The van der Waals surface area contributed by atoms with Crippen molar-refractivity contribution in [1.82, 2.24) is 15.2 Å². The Kier molecular flexibility index (Phi) is 5.43. The lowest BCUT2D eigenvalue weighted by Gasteiger charge is -2.40. The Balaban J connectivity index is 1.98. The van der Waals surface area contributed by atoms with Crippen molar-refractivity contribution in [2.75, 3.05) is 32.8 Å². The summed E-state index contributed by atoms with van der Waals surface area (Å²) >= 11 is 11.8. The van der Waals surface area contributed by atoms with E-state index in [1.165, 1.54) is 12.3 Å². The van der Waals surface area contributed by atoms with Gasteiger partial charge >= 0.3 is 0 Å². The SMILES string of the molecule is CC(C)(CNC(=O)c1cc(Cl)ncc1Cl)N1CCOCC1. The summed E-state index contributed by atoms with van der Waals surface area (Å²) in [7, 11) is 0. The van der Waals surface area contributed by atoms with E-state index in [-0.39, 0.29) is 16.6 Å². The third-order valence-electron chi connectivity index (χ3n) is 3.62. The maximum Gasteiger partial charge on any atom is 0.253 e. The van der Waals surface area contributed by atoms with Gasteiger partial charge in [-0.1, -0.05) is 23.2 Å². The Morgan fingerprint density at radius 3 is 2.76 bits per heavy atom. The van der Waals surface area contributed by atoms with E-state index in [2.05, 4.69) is 29.0 Å². The van der Waals surface area contributed by atoms with Crippen LogP contribution in [0.1, 0.15) is 24.2 Å². The highest BCUT2D eigenvalue weighted by atomic mass is 35.5. The van der Waals surface area contributed by atoms with Crippen LogP contribution in [0.4, 0.5) is 0 Å². The summed E-state index contributed by atoms with van der Waals surface area (Å²) in [5.74, 6) is -0.245. The average Bonchev–Trinajstić information content (AvgIpc) is 2.48. The molecule has 1 aliphatic heterocycles. The van der Waals surface area contributed by atoms with Gasteiger partial charge in [-0.2, -0.15) is 0 Å². The Hall–Kier alpha value is -0.880. The molecule has 1 aromatic heterocycles. The Morgan fingerprint density at radius 2 is 2.10 bits per heavy atom. The molecule has 7 heteroatoms. The highest BCUT2D eigenvalue weighted by Crippen LogP contribution is 2.19. The lowest BCUT2D eigenvalue weighted by molar-refractivity contribution is -0.00923. The maximum atomic E-state index is 12.2. The summed E-state index contributed by atoms with van der Waals surface area (Å²) in [6.07, 6.45) is 1.38. The molecule has 2 heterocycles. The highest BCUT2D eigenvalue weighted by molar-refractivity contribution is 6.35. The second kappa shape index (κ2) is 6.92. The Labute approximate surface area is 134 Å². The fourth-order valence-electron chi connectivity index (χ4n) is 2.26. The fourth-order valence-corrected chi connectivity index (χ4v) is 2.61. The minimum Gasteiger partial charge on any atom is -0.379 e. The lowest BCUT2D eigenvalue weighted by Crippen LogP contribution is -2.55. The van der Waals surface area contributed by atoms with Crippen LogP contribution in [0.25, 0.3) is 0 Å². The van der Waals surface area contributed by atoms with E-state index >= 15 is 0 Å². The van der Waals surface area contributed by atoms with Gasteiger partial charge < -0.3 is 10.1 Å². The van der Waals surface area contributed by atoms with Crippen LogP contribution in [-0.2, 0) is 4.74 Å². The van der Waals surface area contributed by atoms with Crippen LogP contribution in [0.15, 0.2) is 12.3 Å². The van der Waals surface area contributed by atoms with Gasteiger partial charge in [-0.15, -0.1) is 0 Å². The zero-order chi connectivity index (χ0) is 15.5. The quantitative estimate of drug-likeness (QED) is 0.859. The van der Waals surface area contributed by atoms with Crippen molar-refractivity contribution in [3.05, 3.63) is 28.0 Å². The molecule has 0 unspecified atom stereocenters. The van der Waals surface area contributed by atoms with E-state index in [4.69, 9.17) is 27.9 Å². The fraction of sp³-hybridized carbons (Fsp3) is 0.571. The number of carbonyl (C=O) groups is 1. The molecule has 0 bridgehead atoms. The molecular formula is C14H19Cl2N3O2. The van der Waals surface area contributed by atoms with Gasteiger partial charge in [0.15, 0.2) is 0 Å². The van der Waals surface area contributed by atoms with E-state index in [0.29, 0.717) is 17.1 Å². The van der Waals surface area contributed by atoms with E-state index in [1.807, 2.05) is 0 Å². The van der Waals surface area contributed by atoms with Crippen LogP contribution < -0.4 is 5.32 Å². The van der Waals surface area contributed by atoms with Crippen LogP contribution in [0, 0.1) is 0 Å². The Morgan fingerprint density at radius 1 is 1.43 bits per heavy atom. The van der Waals surface area contributed by atoms with Gasteiger partial charge in [0.05, 0.1) is 23.8 Å². The number of nitrogens with one attached hydrogen (secondary N) is 1. The Bertz CT molecular complexity index is 517. The number of nitrogens with zero attached hydrogens (tertiary/aromatic N) is 2. The first kappa shape index (κ1) is 16.5. The molecular weight excluding hydrogens is 313 g/mol. The van der Waals surface area contributed by atoms with Gasteiger partial charge in [-0.3, -0.25) is 9.69 Å². The minimum absolute atomic E-state index is 0.150. The van der Waals surface area contributed by atoms with Crippen LogP contribution >= 0.6 is 23.2 Å². The van der Waals surface area contributed by atoms with Crippen LogP contribution in [0.3, 0.4) is 0 Å². The molecule has 1 amide bonds. The van der Waals surface area contributed by atoms with Crippen molar-refractivity contribution in [2.45, 2.75) is 19.4 Å². The molecule has 1 aliphatic rings. The number of hydrogen-bond acceptors (Lipinski definition) is 4. The molecule has 21 heavy (non-hydrogen) atoms. The topological polar surface area (TPSA) is 54.5 Å². The van der Waals surface area contributed by atoms with E-state index in [1.54, 1.807) is 0 Å². The largest absolute Gasteiger partial charge is 0.379 e. The zero-order valence-corrected chi connectivity index (χ0v) is 13.7. The van der Waals surface area contributed by atoms with Crippen molar-refractivity contribution in [2.24, 2.45) is 0 Å². The predicted molar refractivity (Wildman–Crippen MR) is 83.1 cm³/mol. The predicted octanol–water partition coefficient (Wildman–Crippen LogP) is 2.23. The summed E-state index contributed by atoms with van der Waals surface area (Å²) in [6.45, 7) is 7.89.